The molecule has 2 aromatic rings. The molecule has 0 aliphatic carbocycles. The van der Waals surface area contributed by atoms with Crippen molar-refractivity contribution < 1.29 is 9.53 Å². The first-order valence-corrected chi connectivity index (χ1v) is 8.25. The number of para-hydroxylation sites is 2. The number of morpholine rings is 1. The molecule has 0 N–H and O–H groups in total. The Morgan fingerprint density at radius 2 is 2.00 bits per heavy atom. The SMILES string of the molecule is Cn1c(CC2=NC(N3CCOCC3)=CC(=O)C2)nc2ccccc21. The first kappa shape index (κ1) is 15.1. The van der Waals surface area contributed by atoms with E-state index in [-0.39, 0.29) is 5.78 Å². The van der Waals surface area contributed by atoms with E-state index in [0.29, 0.717) is 26.1 Å². The number of fused-ring (bicyclic) bond motifs is 1. The van der Waals surface area contributed by atoms with Crippen LogP contribution in [0.4, 0.5) is 0 Å². The smallest absolute Gasteiger partial charge is 0.164 e. The summed E-state index contributed by atoms with van der Waals surface area (Å²) < 4.78 is 7.45. The number of aryl methyl sites for hydroxylation is 1. The monoisotopic (exact) mass is 324 g/mol. The number of rotatable bonds is 3. The largest absolute Gasteiger partial charge is 0.378 e. The minimum atomic E-state index is 0.111. The summed E-state index contributed by atoms with van der Waals surface area (Å²) in [5.41, 5.74) is 2.95. The van der Waals surface area contributed by atoms with Gasteiger partial charge in [0, 0.05) is 44.8 Å². The van der Waals surface area contributed by atoms with E-state index in [1.54, 1.807) is 6.08 Å². The Labute approximate surface area is 140 Å². The van der Waals surface area contributed by atoms with Crippen LogP contribution in [0.1, 0.15) is 12.2 Å². The minimum absolute atomic E-state index is 0.111. The Morgan fingerprint density at radius 3 is 2.79 bits per heavy atom. The fraction of sp³-hybridized carbons (Fsp3) is 0.389. The number of hydrogen-bond donors (Lipinski definition) is 0. The average Bonchev–Trinajstić information content (AvgIpc) is 2.91. The molecule has 3 heterocycles. The van der Waals surface area contributed by atoms with Crippen LogP contribution in [0.2, 0.25) is 0 Å². The van der Waals surface area contributed by atoms with E-state index in [4.69, 9.17) is 9.73 Å². The molecule has 6 nitrogen and oxygen atoms in total. The van der Waals surface area contributed by atoms with E-state index in [1.807, 2.05) is 25.2 Å². The summed E-state index contributed by atoms with van der Waals surface area (Å²) in [6.07, 6.45) is 2.62. The van der Waals surface area contributed by atoms with Gasteiger partial charge < -0.3 is 14.2 Å². The van der Waals surface area contributed by atoms with Gasteiger partial charge in [-0.2, -0.15) is 0 Å². The van der Waals surface area contributed by atoms with Crippen LogP contribution in [0.15, 0.2) is 41.2 Å². The highest BCUT2D eigenvalue weighted by molar-refractivity contribution is 6.09. The molecule has 0 spiro atoms. The number of ketones is 1. The predicted molar refractivity (Wildman–Crippen MR) is 92.0 cm³/mol. The molecule has 0 amide bonds. The van der Waals surface area contributed by atoms with Gasteiger partial charge in [-0.05, 0) is 12.1 Å². The van der Waals surface area contributed by atoms with Crippen LogP contribution in [0.25, 0.3) is 11.0 Å². The van der Waals surface area contributed by atoms with Gasteiger partial charge in [0.05, 0.1) is 24.2 Å². The molecule has 0 saturated carbocycles. The number of aromatic nitrogens is 2. The lowest BCUT2D eigenvalue weighted by Crippen LogP contribution is -2.36. The van der Waals surface area contributed by atoms with Gasteiger partial charge in [0.2, 0.25) is 0 Å². The maximum atomic E-state index is 12.1. The lowest BCUT2D eigenvalue weighted by atomic mass is 10.1. The fourth-order valence-electron chi connectivity index (χ4n) is 3.22. The zero-order valence-electron chi connectivity index (χ0n) is 13.7. The predicted octanol–water partition coefficient (Wildman–Crippen LogP) is 1.70. The fourth-order valence-corrected chi connectivity index (χ4v) is 3.22. The van der Waals surface area contributed by atoms with Crippen molar-refractivity contribution in [3.63, 3.8) is 0 Å². The standard InChI is InChI=1S/C18H20N4O2/c1-21-16-5-3-2-4-15(16)20-17(21)11-13-10-14(23)12-18(19-13)22-6-8-24-9-7-22/h2-5,12H,6-11H2,1H3. The topological polar surface area (TPSA) is 59.7 Å². The van der Waals surface area contributed by atoms with Gasteiger partial charge in [0.25, 0.3) is 0 Å². The third kappa shape index (κ3) is 2.85. The van der Waals surface area contributed by atoms with Gasteiger partial charge in [-0.25, -0.2) is 9.98 Å². The highest BCUT2D eigenvalue weighted by atomic mass is 16.5. The molecule has 2 aliphatic heterocycles. The second-order valence-corrected chi connectivity index (χ2v) is 6.18. The Balaban J connectivity index is 1.60. The number of allylic oxidation sites excluding steroid dienone is 1. The van der Waals surface area contributed by atoms with Crippen molar-refractivity contribution in [3.8, 4) is 0 Å². The van der Waals surface area contributed by atoms with Gasteiger partial charge in [-0.15, -0.1) is 0 Å². The summed E-state index contributed by atoms with van der Waals surface area (Å²) in [6, 6.07) is 8.05. The van der Waals surface area contributed by atoms with E-state index in [0.717, 1.165) is 41.5 Å². The van der Waals surface area contributed by atoms with Gasteiger partial charge in [0.15, 0.2) is 5.78 Å². The normalized spacial score (nSPS) is 18.7. The van der Waals surface area contributed by atoms with Crippen molar-refractivity contribution in [2.45, 2.75) is 12.8 Å². The molecule has 1 aromatic heterocycles. The van der Waals surface area contributed by atoms with Crippen LogP contribution in [0.3, 0.4) is 0 Å². The van der Waals surface area contributed by atoms with Crippen molar-refractivity contribution >= 4 is 22.5 Å². The first-order valence-electron chi connectivity index (χ1n) is 8.25. The van der Waals surface area contributed by atoms with Crippen LogP contribution >= 0.6 is 0 Å². The molecule has 2 aliphatic rings. The van der Waals surface area contributed by atoms with Crippen molar-refractivity contribution in [2.75, 3.05) is 26.3 Å². The summed E-state index contributed by atoms with van der Waals surface area (Å²) in [5, 5.41) is 0. The van der Waals surface area contributed by atoms with Gasteiger partial charge in [-0.1, -0.05) is 12.1 Å². The summed E-state index contributed by atoms with van der Waals surface area (Å²) in [6.45, 7) is 2.92. The zero-order chi connectivity index (χ0) is 16.5. The lowest BCUT2D eigenvalue weighted by Gasteiger charge is -2.30. The number of carbonyl (C=O) groups is 1. The number of aliphatic imine (C=N–C) groups is 1. The summed E-state index contributed by atoms with van der Waals surface area (Å²) >= 11 is 0. The second kappa shape index (κ2) is 6.20. The Morgan fingerprint density at radius 1 is 1.21 bits per heavy atom. The van der Waals surface area contributed by atoms with Crippen molar-refractivity contribution in [1.82, 2.24) is 14.5 Å². The number of hydrogen-bond acceptors (Lipinski definition) is 5. The molecule has 0 atom stereocenters. The zero-order valence-corrected chi connectivity index (χ0v) is 13.7. The number of ether oxygens (including phenoxy) is 1. The van der Waals surface area contributed by atoms with Crippen LogP contribution in [0, 0.1) is 0 Å². The van der Waals surface area contributed by atoms with Crippen LogP contribution in [0.5, 0.6) is 0 Å². The third-order valence-electron chi connectivity index (χ3n) is 4.52. The van der Waals surface area contributed by atoms with Gasteiger partial charge >= 0.3 is 0 Å². The average molecular weight is 324 g/mol. The number of nitrogens with zero attached hydrogens (tertiary/aromatic N) is 4. The molecule has 6 heteroatoms. The Hall–Kier alpha value is -2.47. The molecular formula is C18H20N4O2. The van der Waals surface area contributed by atoms with Gasteiger partial charge in [0.1, 0.15) is 11.6 Å². The summed E-state index contributed by atoms with van der Waals surface area (Å²) in [5.74, 6) is 1.81. The van der Waals surface area contributed by atoms with E-state index >= 15 is 0 Å². The molecular weight excluding hydrogens is 304 g/mol. The third-order valence-corrected chi connectivity index (χ3v) is 4.52. The molecule has 1 fully saturated rings. The Bertz CT molecular complexity index is 844. The van der Waals surface area contributed by atoms with Crippen molar-refractivity contribution in [3.05, 3.63) is 42.0 Å². The molecule has 0 unspecified atom stereocenters. The highest BCUT2D eigenvalue weighted by Gasteiger charge is 2.21. The van der Waals surface area contributed by atoms with E-state index in [1.165, 1.54) is 0 Å². The van der Waals surface area contributed by atoms with Crippen LogP contribution in [-0.2, 0) is 23.0 Å². The molecule has 1 saturated heterocycles. The van der Waals surface area contributed by atoms with Crippen molar-refractivity contribution in [2.24, 2.45) is 12.0 Å². The molecule has 4 rings (SSSR count). The van der Waals surface area contributed by atoms with E-state index in [9.17, 15) is 4.79 Å². The van der Waals surface area contributed by atoms with E-state index in [2.05, 4.69) is 20.5 Å². The van der Waals surface area contributed by atoms with Crippen molar-refractivity contribution in [1.29, 1.82) is 0 Å². The Kier molecular flexibility index (Phi) is 3.90. The molecule has 124 valence electrons. The highest BCUT2D eigenvalue weighted by Crippen LogP contribution is 2.19. The molecule has 1 aromatic carbocycles. The van der Waals surface area contributed by atoms with Gasteiger partial charge in [-0.3, -0.25) is 4.79 Å². The summed E-state index contributed by atoms with van der Waals surface area (Å²) in [7, 11) is 2.01. The minimum Gasteiger partial charge on any atom is -0.378 e. The number of imidazole rings is 1. The first-order chi connectivity index (χ1) is 11.7. The second-order valence-electron chi connectivity index (χ2n) is 6.18. The number of benzene rings is 1. The molecule has 0 bridgehead atoms. The van der Waals surface area contributed by atoms with Crippen LogP contribution < -0.4 is 0 Å². The van der Waals surface area contributed by atoms with E-state index < -0.39 is 0 Å². The van der Waals surface area contributed by atoms with Crippen LogP contribution in [-0.4, -0.2) is 52.2 Å². The molecule has 0 radical (unpaired) electrons. The maximum Gasteiger partial charge on any atom is 0.164 e. The number of carbonyl (C=O) groups excluding carboxylic acids is 1. The molecule has 24 heavy (non-hydrogen) atoms. The summed E-state index contributed by atoms with van der Waals surface area (Å²) in [4.78, 5) is 23.7. The quantitative estimate of drug-likeness (QED) is 0.862. The lowest BCUT2D eigenvalue weighted by molar-refractivity contribution is -0.113. The maximum absolute atomic E-state index is 12.1.